The summed E-state index contributed by atoms with van der Waals surface area (Å²) in [6.07, 6.45) is 6.61. The van der Waals surface area contributed by atoms with E-state index in [-0.39, 0.29) is 11.9 Å². The van der Waals surface area contributed by atoms with E-state index in [1.54, 1.807) is 12.4 Å². The lowest BCUT2D eigenvalue weighted by atomic mass is 10.2. The Kier molecular flexibility index (Phi) is 7.03. The summed E-state index contributed by atoms with van der Waals surface area (Å²) in [5.74, 6) is 0.0747. The third kappa shape index (κ3) is 6.35. The van der Waals surface area contributed by atoms with Crippen molar-refractivity contribution in [3.63, 3.8) is 0 Å². The van der Waals surface area contributed by atoms with Gasteiger partial charge in [-0.15, -0.1) is 0 Å². The van der Waals surface area contributed by atoms with Gasteiger partial charge in [-0.3, -0.25) is 9.78 Å². The number of nitrogens with zero attached hydrogens (tertiary/aromatic N) is 1. The summed E-state index contributed by atoms with van der Waals surface area (Å²) in [5, 5.41) is 6.12. The number of carbonyl (C=O) groups excluding carboxylic acids is 1. The Morgan fingerprint density at radius 2 is 2.11 bits per heavy atom. The lowest BCUT2D eigenvalue weighted by Gasteiger charge is -2.13. The molecular formula is C14H23N3O. The van der Waals surface area contributed by atoms with Gasteiger partial charge in [0.15, 0.2) is 0 Å². The fourth-order valence-corrected chi connectivity index (χ4v) is 1.82. The van der Waals surface area contributed by atoms with Gasteiger partial charge in [-0.2, -0.15) is 0 Å². The summed E-state index contributed by atoms with van der Waals surface area (Å²) < 4.78 is 0. The summed E-state index contributed by atoms with van der Waals surface area (Å²) in [6, 6.07) is 4.25. The van der Waals surface area contributed by atoms with Gasteiger partial charge < -0.3 is 10.6 Å². The number of pyridine rings is 1. The number of aromatic nitrogens is 1. The molecule has 1 heterocycles. The normalized spacial score (nSPS) is 12.1. The summed E-state index contributed by atoms with van der Waals surface area (Å²) in [5.41, 5.74) is 1.23. The first-order valence-corrected chi connectivity index (χ1v) is 6.61. The lowest BCUT2D eigenvalue weighted by Crippen LogP contribution is -2.39. The minimum atomic E-state index is 0.0747. The first kappa shape index (κ1) is 14.6. The second-order valence-electron chi connectivity index (χ2n) is 4.54. The van der Waals surface area contributed by atoms with Crippen molar-refractivity contribution >= 4 is 5.91 Å². The Bertz CT molecular complexity index is 340. The standard InChI is InChI=1S/C14H23N3O/c1-3-4-12(2)17-14(18)11-16-10-7-13-5-8-15-9-6-13/h5-6,8-9,12,16H,3-4,7,10-11H2,1-2H3,(H,17,18). The molecule has 0 aliphatic carbocycles. The Labute approximate surface area is 109 Å². The Hall–Kier alpha value is -1.42. The van der Waals surface area contributed by atoms with Gasteiger partial charge in [-0.05, 0) is 44.0 Å². The number of hydrogen-bond acceptors (Lipinski definition) is 3. The number of nitrogens with one attached hydrogen (secondary N) is 2. The molecule has 0 aliphatic heterocycles. The van der Waals surface area contributed by atoms with Gasteiger partial charge in [0.05, 0.1) is 6.54 Å². The van der Waals surface area contributed by atoms with Crippen LogP contribution in [0.15, 0.2) is 24.5 Å². The highest BCUT2D eigenvalue weighted by atomic mass is 16.1. The van der Waals surface area contributed by atoms with E-state index in [2.05, 4.69) is 22.5 Å². The molecule has 0 fully saturated rings. The van der Waals surface area contributed by atoms with Crippen LogP contribution in [-0.4, -0.2) is 30.0 Å². The highest BCUT2D eigenvalue weighted by Gasteiger charge is 2.05. The average molecular weight is 249 g/mol. The molecule has 0 aliphatic rings. The van der Waals surface area contributed by atoms with E-state index in [0.717, 1.165) is 25.8 Å². The van der Waals surface area contributed by atoms with Crippen LogP contribution in [0.1, 0.15) is 32.3 Å². The summed E-state index contributed by atoms with van der Waals surface area (Å²) in [4.78, 5) is 15.5. The van der Waals surface area contributed by atoms with Crippen LogP contribution in [0.4, 0.5) is 0 Å². The van der Waals surface area contributed by atoms with Crippen molar-refractivity contribution < 1.29 is 4.79 Å². The molecule has 1 unspecified atom stereocenters. The second kappa shape index (κ2) is 8.64. The maximum atomic E-state index is 11.6. The van der Waals surface area contributed by atoms with Crippen LogP contribution in [-0.2, 0) is 11.2 Å². The Morgan fingerprint density at radius 1 is 1.39 bits per heavy atom. The van der Waals surface area contributed by atoms with E-state index in [0.29, 0.717) is 6.54 Å². The van der Waals surface area contributed by atoms with Crippen LogP contribution in [0.5, 0.6) is 0 Å². The van der Waals surface area contributed by atoms with Gasteiger partial charge in [0.2, 0.25) is 5.91 Å². The SMILES string of the molecule is CCCC(C)NC(=O)CNCCc1ccncc1. The number of rotatable bonds is 8. The fraction of sp³-hybridized carbons (Fsp3) is 0.571. The summed E-state index contributed by atoms with van der Waals surface area (Å²) >= 11 is 0. The van der Waals surface area contributed by atoms with Crippen molar-refractivity contribution in [2.75, 3.05) is 13.1 Å². The van der Waals surface area contributed by atoms with Crippen molar-refractivity contribution in [3.05, 3.63) is 30.1 Å². The topological polar surface area (TPSA) is 54.0 Å². The van der Waals surface area contributed by atoms with Crippen LogP contribution < -0.4 is 10.6 Å². The quantitative estimate of drug-likeness (QED) is 0.687. The fourth-order valence-electron chi connectivity index (χ4n) is 1.82. The minimum absolute atomic E-state index is 0.0747. The van der Waals surface area contributed by atoms with Gasteiger partial charge >= 0.3 is 0 Å². The minimum Gasteiger partial charge on any atom is -0.353 e. The number of carbonyl (C=O) groups is 1. The van der Waals surface area contributed by atoms with E-state index in [4.69, 9.17) is 0 Å². The molecule has 0 aromatic carbocycles. The molecule has 1 rings (SSSR count). The van der Waals surface area contributed by atoms with Crippen LogP contribution in [0, 0.1) is 0 Å². The zero-order valence-electron chi connectivity index (χ0n) is 11.3. The van der Waals surface area contributed by atoms with Gasteiger partial charge in [0.25, 0.3) is 0 Å². The highest BCUT2D eigenvalue weighted by molar-refractivity contribution is 5.78. The van der Waals surface area contributed by atoms with E-state index >= 15 is 0 Å². The lowest BCUT2D eigenvalue weighted by molar-refractivity contribution is -0.120. The molecule has 0 saturated heterocycles. The zero-order chi connectivity index (χ0) is 13.2. The van der Waals surface area contributed by atoms with Gasteiger partial charge in [-0.1, -0.05) is 13.3 Å². The average Bonchev–Trinajstić information content (AvgIpc) is 2.36. The number of hydrogen-bond donors (Lipinski definition) is 2. The Balaban J connectivity index is 2.09. The molecule has 4 nitrogen and oxygen atoms in total. The molecule has 0 saturated carbocycles. The van der Waals surface area contributed by atoms with E-state index in [1.165, 1.54) is 5.56 Å². The Morgan fingerprint density at radius 3 is 2.78 bits per heavy atom. The zero-order valence-corrected chi connectivity index (χ0v) is 11.3. The molecule has 18 heavy (non-hydrogen) atoms. The largest absolute Gasteiger partial charge is 0.353 e. The summed E-state index contributed by atoms with van der Waals surface area (Å²) in [7, 11) is 0. The van der Waals surface area contributed by atoms with Crippen LogP contribution in [0.3, 0.4) is 0 Å². The van der Waals surface area contributed by atoms with E-state index < -0.39 is 0 Å². The molecule has 2 N–H and O–H groups in total. The van der Waals surface area contributed by atoms with E-state index in [9.17, 15) is 4.79 Å². The molecule has 4 heteroatoms. The van der Waals surface area contributed by atoms with Crippen LogP contribution >= 0.6 is 0 Å². The molecule has 1 aromatic rings. The third-order valence-corrected chi connectivity index (χ3v) is 2.75. The first-order chi connectivity index (χ1) is 8.72. The van der Waals surface area contributed by atoms with Gasteiger partial charge in [0, 0.05) is 18.4 Å². The van der Waals surface area contributed by atoms with Crippen LogP contribution in [0.25, 0.3) is 0 Å². The molecular weight excluding hydrogens is 226 g/mol. The predicted octanol–water partition coefficient (Wildman–Crippen LogP) is 1.52. The molecule has 1 atom stereocenters. The maximum absolute atomic E-state index is 11.6. The molecule has 100 valence electrons. The highest BCUT2D eigenvalue weighted by Crippen LogP contribution is 1.96. The van der Waals surface area contributed by atoms with Gasteiger partial charge in [-0.25, -0.2) is 0 Å². The molecule has 0 radical (unpaired) electrons. The molecule has 1 aromatic heterocycles. The monoisotopic (exact) mass is 249 g/mol. The molecule has 0 bridgehead atoms. The van der Waals surface area contributed by atoms with Crippen molar-refractivity contribution in [1.82, 2.24) is 15.6 Å². The molecule has 1 amide bonds. The molecule has 0 spiro atoms. The van der Waals surface area contributed by atoms with Crippen molar-refractivity contribution in [2.24, 2.45) is 0 Å². The second-order valence-corrected chi connectivity index (χ2v) is 4.54. The van der Waals surface area contributed by atoms with Crippen LogP contribution in [0.2, 0.25) is 0 Å². The van der Waals surface area contributed by atoms with Crippen molar-refractivity contribution in [1.29, 1.82) is 0 Å². The van der Waals surface area contributed by atoms with Crippen molar-refractivity contribution in [2.45, 2.75) is 39.2 Å². The summed E-state index contributed by atoms with van der Waals surface area (Å²) in [6.45, 7) is 5.35. The predicted molar refractivity (Wildman–Crippen MR) is 73.3 cm³/mol. The van der Waals surface area contributed by atoms with Gasteiger partial charge in [0.1, 0.15) is 0 Å². The smallest absolute Gasteiger partial charge is 0.234 e. The number of amides is 1. The van der Waals surface area contributed by atoms with Crippen molar-refractivity contribution in [3.8, 4) is 0 Å². The maximum Gasteiger partial charge on any atom is 0.234 e. The van der Waals surface area contributed by atoms with E-state index in [1.807, 2.05) is 19.1 Å². The third-order valence-electron chi connectivity index (χ3n) is 2.75. The first-order valence-electron chi connectivity index (χ1n) is 6.61.